The topological polar surface area (TPSA) is 49.8 Å². The van der Waals surface area contributed by atoms with Crippen molar-refractivity contribution in [1.82, 2.24) is 4.90 Å². The smallest absolute Gasteiger partial charge is 0.222 e. The lowest BCUT2D eigenvalue weighted by Gasteiger charge is -2.15. The number of amides is 1. The van der Waals surface area contributed by atoms with Crippen molar-refractivity contribution < 1.29 is 14.6 Å². The highest BCUT2D eigenvalue weighted by atomic mass is 16.5. The van der Waals surface area contributed by atoms with Gasteiger partial charge in [0.2, 0.25) is 5.91 Å². The van der Waals surface area contributed by atoms with Gasteiger partial charge in [0.25, 0.3) is 0 Å². The van der Waals surface area contributed by atoms with Crippen LogP contribution in [0.4, 0.5) is 0 Å². The van der Waals surface area contributed by atoms with Crippen LogP contribution in [0, 0.1) is 0 Å². The molecule has 1 saturated heterocycles. The molecule has 4 nitrogen and oxygen atoms in total. The molecule has 1 aliphatic heterocycles. The molecule has 98 valence electrons. The van der Waals surface area contributed by atoms with E-state index in [1.165, 1.54) is 0 Å². The summed E-state index contributed by atoms with van der Waals surface area (Å²) in [5.41, 5.74) is 1.05. The van der Waals surface area contributed by atoms with Crippen molar-refractivity contribution in [3.63, 3.8) is 0 Å². The molecule has 18 heavy (non-hydrogen) atoms. The molecule has 2 rings (SSSR count). The number of benzene rings is 1. The van der Waals surface area contributed by atoms with Gasteiger partial charge in [0.1, 0.15) is 5.75 Å². The maximum absolute atomic E-state index is 11.9. The Bertz CT molecular complexity index is 419. The molecule has 1 aromatic rings. The highest BCUT2D eigenvalue weighted by Gasteiger charge is 2.24. The first kappa shape index (κ1) is 12.9. The Morgan fingerprint density at radius 1 is 1.50 bits per heavy atom. The van der Waals surface area contributed by atoms with Gasteiger partial charge in [-0.05, 0) is 24.5 Å². The van der Waals surface area contributed by atoms with Crippen LogP contribution in [0.1, 0.15) is 18.4 Å². The Balaban J connectivity index is 1.89. The van der Waals surface area contributed by atoms with Gasteiger partial charge < -0.3 is 14.7 Å². The standard InChI is InChI=1S/C14H19NO3/c1-18-13-5-3-2-4-11(13)6-7-14(17)15-9-8-12(16)10-15/h2-5,12,16H,6-10H2,1H3/t12-/m0/s1. The number of para-hydroxylation sites is 1. The SMILES string of the molecule is COc1ccccc1CCC(=O)N1CC[C@H](O)C1. The van der Waals surface area contributed by atoms with Gasteiger partial charge in [0, 0.05) is 19.5 Å². The van der Waals surface area contributed by atoms with Crippen LogP contribution in [0.2, 0.25) is 0 Å². The Morgan fingerprint density at radius 2 is 2.28 bits per heavy atom. The summed E-state index contributed by atoms with van der Waals surface area (Å²) in [5, 5.41) is 9.40. The fraction of sp³-hybridized carbons (Fsp3) is 0.500. The number of nitrogens with zero attached hydrogens (tertiary/aromatic N) is 1. The van der Waals surface area contributed by atoms with E-state index in [1.54, 1.807) is 12.0 Å². The summed E-state index contributed by atoms with van der Waals surface area (Å²) < 4.78 is 5.26. The van der Waals surface area contributed by atoms with E-state index in [1.807, 2.05) is 24.3 Å². The van der Waals surface area contributed by atoms with Crippen molar-refractivity contribution >= 4 is 5.91 Å². The maximum atomic E-state index is 11.9. The van der Waals surface area contributed by atoms with Gasteiger partial charge in [-0.1, -0.05) is 18.2 Å². The summed E-state index contributed by atoms with van der Waals surface area (Å²) in [6, 6.07) is 7.74. The number of hydrogen-bond acceptors (Lipinski definition) is 3. The normalized spacial score (nSPS) is 19.0. The maximum Gasteiger partial charge on any atom is 0.222 e. The number of likely N-dealkylation sites (tertiary alicyclic amines) is 1. The van der Waals surface area contributed by atoms with Crippen LogP contribution in [0.5, 0.6) is 5.75 Å². The van der Waals surface area contributed by atoms with Crippen molar-refractivity contribution in [2.24, 2.45) is 0 Å². The minimum Gasteiger partial charge on any atom is -0.496 e. The summed E-state index contributed by atoms with van der Waals surface area (Å²) in [5.74, 6) is 0.934. The van der Waals surface area contributed by atoms with Crippen molar-refractivity contribution in [2.45, 2.75) is 25.4 Å². The first-order valence-electron chi connectivity index (χ1n) is 6.28. The van der Waals surface area contributed by atoms with E-state index in [0.717, 1.165) is 11.3 Å². The second-order valence-corrected chi connectivity index (χ2v) is 4.59. The molecule has 1 aliphatic rings. The number of carbonyl (C=O) groups is 1. The van der Waals surface area contributed by atoms with Crippen LogP contribution in [-0.4, -0.2) is 42.2 Å². The third kappa shape index (κ3) is 3.01. The summed E-state index contributed by atoms with van der Waals surface area (Å²) in [7, 11) is 1.64. The summed E-state index contributed by atoms with van der Waals surface area (Å²) >= 11 is 0. The van der Waals surface area contributed by atoms with Gasteiger partial charge in [-0.3, -0.25) is 4.79 Å². The van der Waals surface area contributed by atoms with Crippen molar-refractivity contribution in [2.75, 3.05) is 20.2 Å². The highest BCUT2D eigenvalue weighted by molar-refractivity contribution is 5.76. The molecule has 1 fully saturated rings. The Kier molecular flexibility index (Phi) is 4.20. The first-order chi connectivity index (χ1) is 8.70. The molecule has 0 aromatic heterocycles. The number of hydrogen-bond donors (Lipinski definition) is 1. The van der Waals surface area contributed by atoms with Crippen LogP contribution in [0.15, 0.2) is 24.3 Å². The van der Waals surface area contributed by atoms with E-state index in [2.05, 4.69) is 0 Å². The average Bonchev–Trinajstić information content (AvgIpc) is 2.83. The predicted octanol–water partition coefficient (Wildman–Crippen LogP) is 1.22. The molecule has 1 amide bonds. The van der Waals surface area contributed by atoms with Gasteiger partial charge >= 0.3 is 0 Å². The quantitative estimate of drug-likeness (QED) is 0.873. The van der Waals surface area contributed by atoms with E-state index in [0.29, 0.717) is 32.4 Å². The van der Waals surface area contributed by atoms with E-state index in [4.69, 9.17) is 4.74 Å². The minimum absolute atomic E-state index is 0.109. The monoisotopic (exact) mass is 249 g/mol. The average molecular weight is 249 g/mol. The summed E-state index contributed by atoms with van der Waals surface area (Å²) in [6.07, 6.45) is 1.49. The van der Waals surface area contributed by atoms with Crippen LogP contribution >= 0.6 is 0 Å². The van der Waals surface area contributed by atoms with Crippen molar-refractivity contribution in [3.05, 3.63) is 29.8 Å². The molecular weight excluding hydrogens is 230 g/mol. The number of methoxy groups -OCH3 is 1. The molecule has 4 heteroatoms. The van der Waals surface area contributed by atoms with Gasteiger partial charge in [0.05, 0.1) is 13.2 Å². The molecule has 1 aromatic carbocycles. The lowest BCUT2D eigenvalue weighted by molar-refractivity contribution is -0.130. The Hall–Kier alpha value is -1.55. The molecule has 1 N–H and O–H groups in total. The second-order valence-electron chi connectivity index (χ2n) is 4.59. The number of aliphatic hydroxyl groups excluding tert-OH is 1. The minimum atomic E-state index is -0.347. The summed E-state index contributed by atoms with van der Waals surface area (Å²) in [4.78, 5) is 13.7. The van der Waals surface area contributed by atoms with Crippen molar-refractivity contribution in [3.8, 4) is 5.75 Å². The predicted molar refractivity (Wildman–Crippen MR) is 68.5 cm³/mol. The number of β-amino-alcohol motifs (C(OH)–C–C–N with tert-alkyl or cyclic N) is 1. The van der Waals surface area contributed by atoms with Gasteiger partial charge in [-0.15, -0.1) is 0 Å². The Morgan fingerprint density at radius 3 is 2.94 bits per heavy atom. The number of aryl methyl sites for hydroxylation is 1. The van der Waals surface area contributed by atoms with E-state index >= 15 is 0 Å². The first-order valence-corrected chi connectivity index (χ1v) is 6.28. The molecule has 0 unspecified atom stereocenters. The van der Waals surface area contributed by atoms with E-state index < -0.39 is 0 Å². The highest BCUT2D eigenvalue weighted by Crippen LogP contribution is 2.20. The summed E-state index contributed by atoms with van der Waals surface area (Å²) in [6.45, 7) is 1.15. The number of carbonyl (C=O) groups excluding carboxylic acids is 1. The molecule has 0 bridgehead atoms. The molecule has 0 radical (unpaired) electrons. The third-order valence-electron chi connectivity index (χ3n) is 3.32. The zero-order chi connectivity index (χ0) is 13.0. The molecule has 0 saturated carbocycles. The molecule has 0 spiro atoms. The molecule has 0 aliphatic carbocycles. The fourth-order valence-electron chi connectivity index (χ4n) is 2.28. The third-order valence-corrected chi connectivity index (χ3v) is 3.32. The van der Waals surface area contributed by atoms with Crippen molar-refractivity contribution in [1.29, 1.82) is 0 Å². The van der Waals surface area contributed by atoms with Gasteiger partial charge in [-0.25, -0.2) is 0 Å². The fourth-order valence-corrected chi connectivity index (χ4v) is 2.28. The molecule has 1 heterocycles. The van der Waals surface area contributed by atoms with Gasteiger partial charge in [-0.2, -0.15) is 0 Å². The number of aliphatic hydroxyl groups is 1. The molecular formula is C14H19NO3. The number of ether oxygens (including phenoxy) is 1. The second kappa shape index (κ2) is 5.87. The van der Waals surface area contributed by atoms with Crippen LogP contribution in [-0.2, 0) is 11.2 Å². The van der Waals surface area contributed by atoms with Crippen LogP contribution in [0.25, 0.3) is 0 Å². The van der Waals surface area contributed by atoms with E-state index in [9.17, 15) is 9.90 Å². The van der Waals surface area contributed by atoms with E-state index in [-0.39, 0.29) is 12.0 Å². The van der Waals surface area contributed by atoms with Gasteiger partial charge in [0.15, 0.2) is 0 Å². The largest absolute Gasteiger partial charge is 0.496 e. The van der Waals surface area contributed by atoms with Crippen LogP contribution < -0.4 is 4.74 Å². The molecule has 1 atom stereocenters. The zero-order valence-corrected chi connectivity index (χ0v) is 10.6. The Labute approximate surface area is 107 Å². The lowest BCUT2D eigenvalue weighted by Crippen LogP contribution is -2.29. The zero-order valence-electron chi connectivity index (χ0n) is 10.6. The number of rotatable bonds is 4. The van der Waals surface area contributed by atoms with Crippen LogP contribution in [0.3, 0.4) is 0 Å². The lowest BCUT2D eigenvalue weighted by atomic mass is 10.1.